The van der Waals surface area contributed by atoms with E-state index in [0.29, 0.717) is 11.9 Å². The molecule has 1 amide bonds. The number of amides is 1. The van der Waals surface area contributed by atoms with Gasteiger partial charge in [-0.1, -0.05) is 32.1 Å². The zero-order valence-corrected chi connectivity index (χ0v) is 11.8. The van der Waals surface area contributed by atoms with Gasteiger partial charge in [-0.25, -0.2) is 0 Å². The Hall–Kier alpha value is -0.570. The van der Waals surface area contributed by atoms with Crippen molar-refractivity contribution in [3.8, 4) is 0 Å². The first-order chi connectivity index (χ1) is 8.75. The molecule has 2 rings (SSSR count). The van der Waals surface area contributed by atoms with Crippen molar-refractivity contribution in [2.75, 3.05) is 19.6 Å². The Balaban J connectivity index is 1.56. The van der Waals surface area contributed by atoms with E-state index in [9.17, 15) is 4.79 Å². The van der Waals surface area contributed by atoms with Crippen LogP contribution in [-0.2, 0) is 4.79 Å². The Bertz CT molecular complexity index is 261. The van der Waals surface area contributed by atoms with Crippen molar-refractivity contribution in [2.24, 2.45) is 5.92 Å². The smallest absolute Gasteiger partial charge is 0.222 e. The topological polar surface area (TPSA) is 32.3 Å². The van der Waals surface area contributed by atoms with Crippen LogP contribution in [0.15, 0.2) is 0 Å². The van der Waals surface area contributed by atoms with E-state index in [4.69, 9.17) is 0 Å². The minimum absolute atomic E-state index is 0.343. The minimum atomic E-state index is 0.343. The lowest BCUT2D eigenvalue weighted by Crippen LogP contribution is -2.40. The van der Waals surface area contributed by atoms with Crippen LogP contribution in [0.2, 0.25) is 0 Å². The van der Waals surface area contributed by atoms with Crippen molar-refractivity contribution in [3.63, 3.8) is 0 Å². The van der Waals surface area contributed by atoms with Crippen LogP contribution in [-0.4, -0.2) is 36.5 Å². The number of hydrogen-bond acceptors (Lipinski definition) is 2. The molecule has 1 saturated carbocycles. The van der Waals surface area contributed by atoms with Crippen LogP contribution in [0, 0.1) is 5.92 Å². The molecule has 0 aromatic heterocycles. The molecular formula is C15H28N2O. The van der Waals surface area contributed by atoms with Gasteiger partial charge in [-0.2, -0.15) is 0 Å². The van der Waals surface area contributed by atoms with Crippen molar-refractivity contribution in [1.29, 1.82) is 0 Å². The average molecular weight is 252 g/mol. The van der Waals surface area contributed by atoms with Crippen LogP contribution in [0.3, 0.4) is 0 Å². The normalized spacial score (nSPS) is 23.6. The van der Waals surface area contributed by atoms with Gasteiger partial charge in [0.2, 0.25) is 5.91 Å². The molecule has 1 unspecified atom stereocenters. The van der Waals surface area contributed by atoms with Crippen molar-refractivity contribution < 1.29 is 4.79 Å². The third-order valence-electron chi connectivity index (χ3n) is 4.44. The number of carbonyl (C=O) groups is 1. The molecule has 1 saturated heterocycles. The van der Waals surface area contributed by atoms with Gasteiger partial charge in [0.25, 0.3) is 0 Å². The van der Waals surface area contributed by atoms with Crippen LogP contribution in [0.25, 0.3) is 0 Å². The highest BCUT2D eigenvalue weighted by Crippen LogP contribution is 2.25. The Labute approximate surface area is 111 Å². The van der Waals surface area contributed by atoms with Gasteiger partial charge in [-0.05, 0) is 32.2 Å². The van der Waals surface area contributed by atoms with Crippen LogP contribution in [0.5, 0.6) is 0 Å². The fourth-order valence-electron chi connectivity index (χ4n) is 3.30. The number of nitrogens with zero attached hydrogens (tertiary/aromatic N) is 1. The number of hydrogen-bond donors (Lipinski definition) is 1. The minimum Gasteiger partial charge on any atom is -0.341 e. The molecule has 3 nitrogen and oxygen atoms in total. The molecule has 1 N–H and O–H groups in total. The molecule has 104 valence electrons. The van der Waals surface area contributed by atoms with Gasteiger partial charge >= 0.3 is 0 Å². The molecule has 1 aliphatic carbocycles. The van der Waals surface area contributed by atoms with Crippen LogP contribution < -0.4 is 5.32 Å². The quantitative estimate of drug-likeness (QED) is 0.788. The first kappa shape index (κ1) is 13.9. The van der Waals surface area contributed by atoms with Gasteiger partial charge in [0, 0.05) is 25.6 Å². The molecule has 0 radical (unpaired) electrons. The highest BCUT2D eigenvalue weighted by atomic mass is 16.2. The van der Waals surface area contributed by atoms with Gasteiger partial charge in [0.15, 0.2) is 0 Å². The molecule has 1 aliphatic heterocycles. The molecule has 18 heavy (non-hydrogen) atoms. The lowest BCUT2D eigenvalue weighted by atomic mass is 9.87. The molecule has 1 atom stereocenters. The van der Waals surface area contributed by atoms with E-state index in [1.807, 2.05) is 4.90 Å². The highest BCUT2D eigenvalue weighted by Gasteiger charge is 2.21. The van der Waals surface area contributed by atoms with Crippen LogP contribution in [0.1, 0.15) is 58.3 Å². The summed E-state index contributed by atoms with van der Waals surface area (Å²) in [6, 6.07) is 0.440. The number of carbonyl (C=O) groups excluding carboxylic acids is 1. The second-order valence-electron chi connectivity index (χ2n) is 6.09. The van der Waals surface area contributed by atoms with E-state index in [0.717, 1.165) is 38.4 Å². The van der Waals surface area contributed by atoms with E-state index >= 15 is 0 Å². The first-order valence-electron chi connectivity index (χ1n) is 7.77. The van der Waals surface area contributed by atoms with Gasteiger partial charge in [-0.3, -0.25) is 4.79 Å². The predicted octanol–water partition coefficient (Wildman–Crippen LogP) is 2.56. The van der Waals surface area contributed by atoms with Crippen molar-refractivity contribution in [2.45, 2.75) is 64.3 Å². The van der Waals surface area contributed by atoms with E-state index in [-0.39, 0.29) is 0 Å². The summed E-state index contributed by atoms with van der Waals surface area (Å²) in [6.45, 7) is 5.18. The zero-order valence-electron chi connectivity index (χ0n) is 11.8. The summed E-state index contributed by atoms with van der Waals surface area (Å²) in [5, 5.41) is 3.58. The maximum atomic E-state index is 11.5. The fourth-order valence-corrected chi connectivity index (χ4v) is 3.30. The lowest BCUT2D eigenvalue weighted by molar-refractivity contribution is -0.127. The fraction of sp³-hybridized carbons (Fsp3) is 0.933. The number of likely N-dealkylation sites (tertiary alicyclic amines) is 1. The van der Waals surface area contributed by atoms with Gasteiger partial charge < -0.3 is 10.2 Å². The number of rotatable bonds is 6. The molecule has 1 heterocycles. The van der Waals surface area contributed by atoms with E-state index < -0.39 is 0 Å². The van der Waals surface area contributed by atoms with E-state index in [1.54, 1.807) is 0 Å². The average Bonchev–Trinajstić information content (AvgIpc) is 2.76. The van der Waals surface area contributed by atoms with Gasteiger partial charge in [0.05, 0.1) is 0 Å². The van der Waals surface area contributed by atoms with E-state index in [1.165, 1.54) is 38.5 Å². The van der Waals surface area contributed by atoms with Crippen LogP contribution >= 0.6 is 0 Å². The monoisotopic (exact) mass is 252 g/mol. The molecule has 3 heteroatoms. The Kier molecular flexibility index (Phi) is 5.48. The molecule has 0 aromatic rings. The molecule has 0 aromatic carbocycles. The van der Waals surface area contributed by atoms with Crippen molar-refractivity contribution in [1.82, 2.24) is 10.2 Å². The van der Waals surface area contributed by atoms with Gasteiger partial charge in [0.1, 0.15) is 0 Å². The maximum absolute atomic E-state index is 11.5. The summed E-state index contributed by atoms with van der Waals surface area (Å²) in [7, 11) is 0. The standard InChI is InChI=1S/C15H28N2O/c1-13(12-17-11-5-8-15(17)18)16-10-9-14-6-3-2-4-7-14/h13-14,16H,2-12H2,1H3. The number of nitrogens with one attached hydrogen (secondary N) is 1. The molecule has 2 aliphatic rings. The van der Waals surface area contributed by atoms with Crippen molar-refractivity contribution in [3.05, 3.63) is 0 Å². The van der Waals surface area contributed by atoms with Crippen molar-refractivity contribution >= 4 is 5.91 Å². The molecular weight excluding hydrogens is 224 g/mol. The maximum Gasteiger partial charge on any atom is 0.222 e. The second kappa shape index (κ2) is 7.13. The first-order valence-corrected chi connectivity index (χ1v) is 7.77. The summed E-state index contributed by atoms with van der Waals surface area (Å²) in [6.07, 6.45) is 10.3. The molecule has 0 spiro atoms. The molecule has 2 fully saturated rings. The SMILES string of the molecule is CC(CN1CCCC1=O)NCCC1CCCCC1. The lowest BCUT2D eigenvalue weighted by Gasteiger charge is -2.24. The third-order valence-corrected chi connectivity index (χ3v) is 4.44. The largest absolute Gasteiger partial charge is 0.341 e. The second-order valence-corrected chi connectivity index (χ2v) is 6.09. The Morgan fingerprint density at radius 1 is 1.28 bits per heavy atom. The van der Waals surface area contributed by atoms with E-state index in [2.05, 4.69) is 12.2 Å². The summed E-state index contributed by atoms with van der Waals surface area (Å²) < 4.78 is 0. The van der Waals surface area contributed by atoms with Gasteiger partial charge in [-0.15, -0.1) is 0 Å². The molecule has 0 bridgehead atoms. The predicted molar refractivity (Wildman–Crippen MR) is 74.5 cm³/mol. The zero-order chi connectivity index (χ0) is 12.8. The highest BCUT2D eigenvalue weighted by molar-refractivity contribution is 5.78. The summed E-state index contributed by atoms with van der Waals surface area (Å²) in [4.78, 5) is 13.5. The third kappa shape index (κ3) is 4.27. The Morgan fingerprint density at radius 2 is 2.06 bits per heavy atom. The summed E-state index contributed by atoms with van der Waals surface area (Å²) in [5.41, 5.74) is 0. The summed E-state index contributed by atoms with van der Waals surface area (Å²) in [5.74, 6) is 1.29. The summed E-state index contributed by atoms with van der Waals surface area (Å²) >= 11 is 0. The van der Waals surface area contributed by atoms with Crippen LogP contribution in [0.4, 0.5) is 0 Å². The Morgan fingerprint density at radius 3 is 2.72 bits per heavy atom.